The molecule has 6 nitrogen and oxygen atoms in total. The second-order valence-corrected chi connectivity index (χ2v) is 6.69. The third-order valence-electron chi connectivity index (χ3n) is 4.04. The van der Waals surface area contributed by atoms with Crippen LogP contribution in [0.5, 0.6) is 11.5 Å². The van der Waals surface area contributed by atoms with Crippen LogP contribution in [0.1, 0.15) is 21.5 Å². The largest absolute Gasteiger partial charge is 0.483 e. The lowest BCUT2D eigenvalue weighted by Gasteiger charge is -2.07. The van der Waals surface area contributed by atoms with Crippen LogP contribution in [0, 0.1) is 6.92 Å². The Hall–Kier alpha value is -3.64. The molecule has 7 heteroatoms. The number of carbonyl (C=O) groups excluding carboxylic acids is 2. The Labute approximate surface area is 179 Å². The van der Waals surface area contributed by atoms with Gasteiger partial charge in [-0.15, -0.1) is 0 Å². The molecule has 0 aliphatic rings. The summed E-state index contributed by atoms with van der Waals surface area (Å²) in [6, 6.07) is 20.8. The molecule has 30 heavy (non-hydrogen) atoms. The molecule has 0 bridgehead atoms. The van der Waals surface area contributed by atoms with Gasteiger partial charge < -0.3 is 9.47 Å². The summed E-state index contributed by atoms with van der Waals surface area (Å²) in [4.78, 5) is 24.0. The number of aryl methyl sites for hydroxylation is 1. The maximum atomic E-state index is 12.2. The van der Waals surface area contributed by atoms with E-state index in [1.54, 1.807) is 54.6 Å². The number of ether oxygens (including phenoxy) is 2. The first-order valence-electron chi connectivity index (χ1n) is 9.10. The molecule has 152 valence electrons. The Morgan fingerprint density at radius 1 is 1.00 bits per heavy atom. The summed E-state index contributed by atoms with van der Waals surface area (Å²) in [5.74, 6) is 0.106. The average molecular weight is 423 g/mol. The first kappa shape index (κ1) is 21.1. The molecule has 0 saturated carbocycles. The highest BCUT2D eigenvalue weighted by Gasteiger charge is 2.12. The molecule has 1 amide bonds. The third-order valence-corrected chi connectivity index (χ3v) is 4.37. The molecular weight excluding hydrogens is 404 g/mol. The lowest BCUT2D eigenvalue weighted by atomic mass is 10.2. The van der Waals surface area contributed by atoms with Crippen LogP contribution in [0.2, 0.25) is 5.02 Å². The van der Waals surface area contributed by atoms with E-state index in [9.17, 15) is 9.59 Å². The van der Waals surface area contributed by atoms with Crippen molar-refractivity contribution in [2.24, 2.45) is 5.10 Å². The zero-order chi connectivity index (χ0) is 21.3. The molecule has 0 atom stereocenters. The number of nitrogens with zero attached hydrogens (tertiary/aromatic N) is 1. The summed E-state index contributed by atoms with van der Waals surface area (Å²) in [6.45, 7) is 1.76. The van der Waals surface area contributed by atoms with Crippen molar-refractivity contribution in [3.63, 3.8) is 0 Å². The maximum Gasteiger partial charge on any atom is 0.345 e. The van der Waals surface area contributed by atoms with Crippen LogP contribution >= 0.6 is 11.6 Å². The number of hydrazone groups is 1. The van der Waals surface area contributed by atoms with Crippen LogP contribution in [0.4, 0.5) is 0 Å². The van der Waals surface area contributed by atoms with E-state index < -0.39 is 5.97 Å². The number of para-hydroxylation sites is 1. The molecule has 0 aromatic heterocycles. The number of rotatable bonds is 7. The summed E-state index contributed by atoms with van der Waals surface area (Å²) in [5, 5.41) is 4.22. The summed E-state index contributed by atoms with van der Waals surface area (Å²) >= 11 is 6.00. The monoisotopic (exact) mass is 422 g/mol. The maximum absolute atomic E-state index is 12.2. The highest BCUT2D eigenvalue weighted by Crippen LogP contribution is 2.19. The molecule has 0 fully saturated rings. The van der Waals surface area contributed by atoms with Gasteiger partial charge in [0.2, 0.25) is 0 Å². The highest BCUT2D eigenvalue weighted by atomic mass is 35.5. The zero-order valence-corrected chi connectivity index (χ0v) is 16.9. The van der Waals surface area contributed by atoms with Gasteiger partial charge in [-0.2, -0.15) is 5.10 Å². The number of esters is 1. The van der Waals surface area contributed by atoms with Gasteiger partial charge in [-0.1, -0.05) is 41.9 Å². The van der Waals surface area contributed by atoms with Crippen molar-refractivity contribution in [2.75, 3.05) is 6.61 Å². The van der Waals surface area contributed by atoms with E-state index in [2.05, 4.69) is 10.5 Å². The van der Waals surface area contributed by atoms with E-state index in [0.29, 0.717) is 27.6 Å². The van der Waals surface area contributed by atoms with Gasteiger partial charge in [0, 0.05) is 0 Å². The molecule has 1 N–H and O–H groups in total. The summed E-state index contributed by atoms with van der Waals surface area (Å²) in [5.41, 5.74) is 4.36. The molecule has 0 aliphatic heterocycles. The van der Waals surface area contributed by atoms with E-state index in [1.807, 2.05) is 25.1 Å². The van der Waals surface area contributed by atoms with Gasteiger partial charge in [0.15, 0.2) is 6.61 Å². The Bertz CT molecular complexity index is 1060. The van der Waals surface area contributed by atoms with Gasteiger partial charge in [-0.25, -0.2) is 10.2 Å². The smallest absolute Gasteiger partial charge is 0.345 e. The molecular formula is C23H19ClN2O4. The summed E-state index contributed by atoms with van der Waals surface area (Å²) in [6.07, 6.45) is 1.48. The van der Waals surface area contributed by atoms with Gasteiger partial charge in [0.1, 0.15) is 11.5 Å². The van der Waals surface area contributed by atoms with Gasteiger partial charge in [-0.3, -0.25) is 4.79 Å². The molecule has 0 aliphatic carbocycles. The highest BCUT2D eigenvalue weighted by molar-refractivity contribution is 6.33. The summed E-state index contributed by atoms with van der Waals surface area (Å²) < 4.78 is 10.8. The first-order chi connectivity index (χ1) is 14.5. The van der Waals surface area contributed by atoms with Crippen molar-refractivity contribution in [1.82, 2.24) is 5.43 Å². The number of amides is 1. The molecule has 0 spiro atoms. The van der Waals surface area contributed by atoms with E-state index in [0.717, 1.165) is 5.56 Å². The fraction of sp³-hybridized carbons (Fsp3) is 0.0870. The van der Waals surface area contributed by atoms with Crippen LogP contribution < -0.4 is 14.9 Å². The van der Waals surface area contributed by atoms with Gasteiger partial charge in [-0.05, 0) is 60.5 Å². The van der Waals surface area contributed by atoms with Gasteiger partial charge in [0.25, 0.3) is 5.91 Å². The lowest BCUT2D eigenvalue weighted by Crippen LogP contribution is -2.24. The lowest BCUT2D eigenvalue weighted by molar-refractivity contribution is -0.123. The summed E-state index contributed by atoms with van der Waals surface area (Å²) in [7, 11) is 0. The fourth-order valence-corrected chi connectivity index (χ4v) is 2.70. The Morgan fingerprint density at radius 2 is 1.70 bits per heavy atom. The van der Waals surface area contributed by atoms with E-state index in [-0.39, 0.29) is 12.5 Å². The normalized spacial score (nSPS) is 10.6. The molecule has 0 unspecified atom stereocenters. The predicted molar refractivity (Wildman–Crippen MR) is 115 cm³/mol. The second-order valence-electron chi connectivity index (χ2n) is 6.29. The van der Waals surface area contributed by atoms with Crippen LogP contribution in [0.3, 0.4) is 0 Å². The number of benzene rings is 3. The molecule has 3 aromatic rings. The third kappa shape index (κ3) is 5.93. The van der Waals surface area contributed by atoms with Crippen LogP contribution in [-0.4, -0.2) is 24.7 Å². The number of carbonyl (C=O) groups is 2. The SMILES string of the molecule is Cc1ccccc1OCC(=O)N/N=C\c1ccc(OC(=O)c2ccccc2Cl)cc1. The first-order valence-corrected chi connectivity index (χ1v) is 9.48. The van der Waals surface area contributed by atoms with E-state index in [4.69, 9.17) is 21.1 Å². The van der Waals surface area contributed by atoms with Crippen molar-refractivity contribution in [3.8, 4) is 11.5 Å². The minimum Gasteiger partial charge on any atom is -0.483 e. The Morgan fingerprint density at radius 3 is 2.43 bits per heavy atom. The van der Waals surface area contributed by atoms with E-state index in [1.165, 1.54) is 6.21 Å². The molecule has 3 rings (SSSR count). The van der Waals surface area contributed by atoms with Crippen molar-refractivity contribution >= 4 is 29.7 Å². The number of hydrogen-bond donors (Lipinski definition) is 1. The number of hydrogen-bond acceptors (Lipinski definition) is 5. The molecule has 0 saturated heterocycles. The van der Waals surface area contributed by atoms with Crippen LogP contribution in [-0.2, 0) is 4.79 Å². The number of halogens is 1. The van der Waals surface area contributed by atoms with Gasteiger partial charge >= 0.3 is 5.97 Å². The molecule has 3 aromatic carbocycles. The second kappa shape index (κ2) is 10.2. The van der Waals surface area contributed by atoms with Crippen LogP contribution in [0.15, 0.2) is 77.9 Å². The van der Waals surface area contributed by atoms with Crippen molar-refractivity contribution in [2.45, 2.75) is 6.92 Å². The minimum atomic E-state index is -0.539. The van der Waals surface area contributed by atoms with E-state index >= 15 is 0 Å². The minimum absolute atomic E-state index is 0.140. The van der Waals surface area contributed by atoms with Crippen molar-refractivity contribution in [1.29, 1.82) is 0 Å². The topological polar surface area (TPSA) is 77.0 Å². The average Bonchev–Trinajstić information content (AvgIpc) is 2.74. The fourth-order valence-electron chi connectivity index (χ4n) is 2.48. The van der Waals surface area contributed by atoms with Crippen molar-refractivity contribution < 1.29 is 19.1 Å². The number of nitrogens with one attached hydrogen (secondary N) is 1. The van der Waals surface area contributed by atoms with Crippen molar-refractivity contribution in [3.05, 3.63) is 94.5 Å². The zero-order valence-electron chi connectivity index (χ0n) is 16.2. The standard InChI is InChI=1S/C23H19ClN2O4/c1-16-6-2-5-9-21(16)29-15-22(27)26-25-14-17-10-12-18(13-11-17)30-23(28)19-7-3-4-8-20(19)24/h2-14H,15H2,1H3,(H,26,27)/b25-14-. The van der Waals surface area contributed by atoms with Gasteiger partial charge in [0.05, 0.1) is 16.8 Å². The predicted octanol–water partition coefficient (Wildman–Crippen LogP) is 4.40. The quantitative estimate of drug-likeness (QED) is 0.265. The van der Waals surface area contributed by atoms with Crippen LogP contribution in [0.25, 0.3) is 0 Å². The Balaban J connectivity index is 1.48. The molecule has 0 heterocycles. The Kier molecular flexibility index (Phi) is 7.19. The molecule has 0 radical (unpaired) electrons.